The molecule has 0 heterocycles. The molecular formula is C86H164O17P2. The van der Waals surface area contributed by atoms with Crippen LogP contribution in [-0.4, -0.2) is 96.7 Å². The number of hydrogen-bond acceptors (Lipinski definition) is 15. The predicted molar refractivity (Wildman–Crippen MR) is 432 cm³/mol. The van der Waals surface area contributed by atoms with Gasteiger partial charge >= 0.3 is 39.5 Å². The number of hydrogen-bond donors (Lipinski definition) is 3. The van der Waals surface area contributed by atoms with Gasteiger partial charge in [0.25, 0.3) is 0 Å². The molecule has 0 amide bonds. The van der Waals surface area contributed by atoms with E-state index in [1.807, 2.05) is 0 Å². The first-order chi connectivity index (χ1) is 51.0. The van der Waals surface area contributed by atoms with Crippen molar-refractivity contribution in [2.75, 3.05) is 39.6 Å². The van der Waals surface area contributed by atoms with Gasteiger partial charge in [-0.15, -0.1) is 0 Å². The standard InChI is InChI=1S/C86H164O17P2/c1-6-9-12-15-18-21-24-27-29-30-31-32-33-37-42-47-52-57-62-67-72-86(91)103-82(76-97-84(89)70-65-60-55-50-45-40-38-34-36-39-43-48-53-58-63-68-79(4)5)78-101-105(94,95)99-74-80(87)73-98-104(92,93)100-77-81(75-96-83(88)69-64-59-54-49-44-26-23-20-17-14-11-8-3)102-85(90)71-66-61-56-51-46-41-35-28-25-22-19-16-13-10-7-2/h22,25,28,35,79-82,87H,6-21,23-24,26-27,29-34,36-78H2,1-5H3,(H,92,93)(H,94,95)/b25-22-,35-28-/t80-,81+,82+/m0/s1. The zero-order valence-corrected chi connectivity index (χ0v) is 70.1. The van der Waals surface area contributed by atoms with Crippen molar-refractivity contribution >= 4 is 39.5 Å². The van der Waals surface area contributed by atoms with E-state index in [1.54, 1.807) is 0 Å². The van der Waals surface area contributed by atoms with Gasteiger partial charge in [0.1, 0.15) is 19.3 Å². The van der Waals surface area contributed by atoms with Gasteiger partial charge < -0.3 is 33.8 Å². The summed E-state index contributed by atoms with van der Waals surface area (Å²) in [6, 6.07) is 0. The molecule has 17 nitrogen and oxygen atoms in total. The molecule has 0 aliphatic rings. The van der Waals surface area contributed by atoms with Crippen LogP contribution in [0.5, 0.6) is 0 Å². The second-order valence-corrected chi connectivity index (χ2v) is 33.6. The van der Waals surface area contributed by atoms with Crippen LogP contribution < -0.4 is 0 Å². The van der Waals surface area contributed by atoms with Crippen molar-refractivity contribution in [1.82, 2.24) is 0 Å². The molecule has 0 fully saturated rings. The Balaban J connectivity index is 5.28. The van der Waals surface area contributed by atoms with Crippen molar-refractivity contribution in [3.63, 3.8) is 0 Å². The number of esters is 4. The molecule has 0 aromatic rings. The SMILES string of the molecule is CCCCCC/C=C\C=C/CCCCCCCC(=O)O[C@H](COC(=O)CCCCCCCCCCCCCC)COP(=O)(O)OC[C@H](O)COP(=O)(O)OC[C@@H](COC(=O)CCCCCCCCCCCCCCCCCC(C)C)OC(=O)CCCCCCCCCCCCCCCCCCCCCC. The molecule has 0 aromatic carbocycles. The second-order valence-electron chi connectivity index (χ2n) is 30.7. The Bertz CT molecular complexity index is 2090. The molecule has 2 unspecified atom stereocenters. The minimum Gasteiger partial charge on any atom is -0.462 e. The number of phosphoric acid groups is 2. The van der Waals surface area contributed by atoms with Crippen LogP contribution in [0.4, 0.5) is 0 Å². The Morgan fingerprint density at radius 3 is 0.781 bits per heavy atom. The second kappa shape index (κ2) is 78.2. The van der Waals surface area contributed by atoms with E-state index in [2.05, 4.69) is 58.9 Å². The lowest BCUT2D eigenvalue weighted by atomic mass is 10.0. The fourth-order valence-corrected chi connectivity index (χ4v) is 14.5. The molecule has 0 saturated carbocycles. The summed E-state index contributed by atoms with van der Waals surface area (Å²) in [5.74, 6) is -1.32. The fourth-order valence-electron chi connectivity index (χ4n) is 12.9. The van der Waals surface area contributed by atoms with E-state index in [0.717, 1.165) is 109 Å². The number of aliphatic hydroxyl groups excluding tert-OH is 1. The van der Waals surface area contributed by atoms with Crippen LogP contribution in [0.2, 0.25) is 0 Å². The number of aliphatic hydroxyl groups is 1. The maximum absolute atomic E-state index is 13.1. The van der Waals surface area contributed by atoms with Crippen molar-refractivity contribution < 1.29 is 80.2 Å². The van der Waals surface area contributed by atoms with Crippen LogP contribution in [0, 0.1) is 5.92 Å². The van der Waals surface area contributed by atoms with Gasteiger partial charge in [-0.1, -0.05) is 386 Å². The average molecular weight is 1530 g/mol. The number of allylic oxidation sites excluding steroid dienone is 4. The number of carbonyl (C=O) groups is 4. The molecule has 0 saturated heterocycles. The number of carbonyl (C=O) groups excluding carboxylic acids is 4. The van der Waals surface area contributed by atoms with E-state index < -0.39 is 97.5 Å². The van der Waals surface area contributed by atoms with Crippen molar-refractivity contribution in [2.24, 2.45) is 5.92 Å². The third-order valence-corrected chi connectivity index (χ3v) is 21.6. The minimum atomic E-state index is -4.97. The van der Waals surface area contributed by atoms with Crippen LogP contribution in [0.15, 0.2) is 24.3 Å². The van der Waals surface area contributed by atoms with E-state index in [9.17, 15) is 43.2 Å². The van der Waals surface area contributed by atoms with E-state index in [4.69, 9.17) is 37.0 Å². The van der Waals surface area contributed by atoms with Gasteiger partial charge in [0, 0.05) is 25.7 Å². The Labute approximate surface area is 643 Å². The van der Waals surface area contributed by atoms with Crippen LogP contribution in [0.3, 0.4) is 0 Å². The Morgan fingerprint density at radius 2 is 0.514 bits per heavy atom. The van der Waals surface area contributed by atoms with E-state index in [-0.39, 0.29) is 25.7 Å². The summed E-state index contributed by atoms with van der Waals surface area (Å²) in [5, 5.41) is 10.7. The maximum Gasteiger partial charge on any atom is 0.472 e. The maximum atomic E-state index is 13.1. The van der Waals surface area contributed by atoms with E-state index >= 15 is 0 Å². The van der Waals surface area contributed by atoms with Gasteiger partial charge in [-0.25, -0.2) is 9.13 Å². The molecule has 0 aromatic heterocycles. The highest BCUT2D eigenvalue weighted by Crippen LogP contribution is 2.45. The van der Waals surface area contributed by atoms with Crippen molar-refractivity contribution in [2.45, 2.75) is 457 Å². The molecule has 0 spiro atoms. The first-order valence-electron chi connectivity index (χ1n) is 44.0. The van der Waals surface area contributed by atoms with Crippen LogP contribution in [0.25, 0.3) is 0 Å². The van der Waals surface area contributed by atoms with E-state index in [0.29, 0.717) is 25.7 Å². The zero-order chi connectivity index (χ0) is 76.9. The van der Waals surface area contributed by atoms with E-state index in [1.165, 1.54) is 250 Å². The number of phosphoric ester groups is 2. The molecule has 5 atom stereocenters. The van der Waals surface area contributed by atoms with Gasteiger partial charge in [0.2, 0.25) is 0 Å². The Hall–Kier alpha value is -2.46. The quantitative estimate of drug-likeness (QED) is 0.0169. The minimum absolute atomic E-state index is 0.0858. The zero-order valence-electron chi connectivity index (χ0n) is 68.4. The summed E-state index contributed by atoms with van der Waals surface area (Å²) in [6.45, 7) is 7.32. The summed E-state index contributed by atoms with van der Waals surface area (Å²) in [6.07, 6.45) is 74.3. The molecule has 0 bridgehead atoms. The predicted octanol–water partition coefficient (Wildman–Crippen LogP) is 25.9. The molecule has 105 heavy (non-hydrogen) atoms. The summed E-state index contributed by atoms with van der Waals surface area (Å²) < 4.78 is 68.9. The molecule has 0 aliphatic carbocycles. The van der Waals surface area contributed by atoms with Crippen LogP contribution >= 0.6 is 15.6 Å². The van der Waals surface area contributed by atoms with Gasteiger partial charge in [-0.2, -0.15) is 0 Å². The molecule has 620 valence electrons. The lowest BCUT2D eigenvalue weighted by Crippen LogP contribution is -2.30. The first kappa shape index (κ1) is 103. The highest BCUT2D eigenvalue weighted by atomic mass is 31.2. The highest BCUT2D eigenvalue weighted by molar-refractivity contribution is 7.47. The Kier molecular flexibility index (Phi) is 76.4. The molecule has 0 radical (unpaired) electrons. The molecular weight excluding hydrogens is 1370 g/mol. The third-order valence-electron chi connectivity index (χ3n) is 19.7. The molecule has 0 aliphatic heterocycles. The van der Waals surface area contributed by atoms with Gasteiger partial charge in [0.05, 0.1) is 26.4 Å². The first-order valence-corrected chi connectivity index (χ1v) is 46.9. The third kappa shape index (κ3) is 79.4. The van der Waals surface area contributed by atoms with Gasteiger partial charge in [-0.05, 0) is 57.3 Å². The van der Waals surface area contributed by atoms with Crippen LogP contribution in [-0.2, 0) is 65.4 Å². The smallest absolute Gasteiger partial charge is 0.462 e. The van der Waals surface area contributed by atoms with Gasteiger partial charge in [0.15, 0.2) is 12.2 Å². The van der Waals surface area contributed by atoms with Gasteiger partial charge in [-0.3, -0.25) is 37.3 Å². The topological polar surface area (TPSA) is 237 Å². The number of unbranched alkanes of at least 4 members (excludes halogenated alkanes) is 53. The summed E-state index contributed by atoms with van der Waals surface area (Å²) in [5.41, 5.74) is 0. The fraction of sp³-hybridized carbons (Fsp3) is 0.907. The van der Waals surface area contributed by atoms with Crippen molar-refractivity contribution in [3.05, 3.63) is 24.3 Å². The van der Waals surface area contributed by atoms with Crippen LogP contribution in [0.1, 0.15) is 439 Å². The highest BCUT2D eigenvalue weighted by Gasteiger charge is 2.30. The molecule has 0 rings (SSSR count). The largest absolute Gasteiger partial charge is 0.472 e. The Morgan fingerprint density at radius 1 is 0.295 bits per heavy atom. The lowest BCUT2D eigenvalue weighted by Gasteiger charge is -2.21. The average Bonchev–Trinajstić information content (AvgIpc) is 0.911. The summed E-state index contributed by atoms with van der Waals surface area (Å²) in [7, 11) is -9.94. The molecule has 3 N–H and O–H groups in total. The van der Waals surface area contributed by atoms with Crippen molar-refractivity contribution in [1.29, 1.82) is 0 Å². The molecule has 19 heteroatoms. The summed E-state index contributed by atoms with van der Waals surface area (Å²) in [4.78, 5) is 73.2. The number of ether oxygens (including phenoxy) is 4. The van der Waals surface area contributed by atoms with Crippen molar-refractivity contribution in [3.8, 4) is 0 Å². The normalized spacial score (nSPS) is 13.9. The monoisotopic (exact) mass is 1530 g/mol. The summed E-state index contributed by atoms with van der Waals surface area (Å²) >= 11 is 0. The lowest BCUT2D eigenvalue weighted by molar-refractivity contribution is -0.161. The number of rotatable bonds is 84.